The number of halogens is 1. The van der Waals surface area contributed by atoms with Crippen LogP contribution >= 0.6 is 0 Å². The minimum Gasteiger partial charge on any atom is -0.328 e. The Balaban J connectivity index is 1.78. The molecule has 0 atom stereocenters. The molecule has 1 N–H and O–H groups in total. The summed E-state index contributed by atoms with van der Waals surface area (Å²) in [6.07, 6.45) is 4.42. The van der Waals surface area contributed by atoms with E-state index < -0.39 is 11.7 Å². The number of aromatic nitrogens is 4. The van der Waals surface area contributed by atoms with Crippen molar-refractivity contribution in [1.82, 2.24) is 20.1 Å². The van der Waals surface area contributed by atoms with E-state index in [0.717, 1.165) is 0 Å². The molecule has 1 aromatic carbocycles. The molecule has 0 spiro atoms. The van der Waals surface area contributed by atoms with Crippen LogP contribution in [0.4, 0.5) is 10.1 Å². The lowest BCUT2D eigenvalue weighted by molar-refractivity contribution is 0.0981. The molecule has 7 nitrogen and oxygen atoms in total. The molecule has 0 unspecified atom stereocenters. The molecule has 0 aliphatic carbocycles. The molecule has 8 heteroatoms. The molecule has 0 saturated heterocycles. The summed E-state index contributed by atoms with van der Waals surface area (Å²) < 4.78 is 18.3. The molecule has 3 aromatic rings. The third-order valence-electron chi connectivity index (χ3n) is 2.84. The number of aryl methyl sites for hydroxylation is 1. The van der Waals surface area contributed by atoms with Gasteiger partial charge >= 0.3 is 11.8 Å². The van der Waals surface area contributed by atoms with Crippen molar-refractivity contribution in [1.29, 1.82) is 0 Å². The molecule has 22 heavy (non-hydrogen) atoms. The molecule has 110 valence electrons. The van der Waals surface area contributed by atoms with Gasteiger partial charge in [-0.3, -0.25) is 9.78 Å². The number of hydrogen-bond acceptors (Lipinski definition) is 6. The van der Waals surface area contributed by atoms with Crippen molar-refractivity contribution >= 4 is 11.6 Å². The van der Waals surface area contributed by atoms with E-state index in [4.69, 9.17) is 4.52 Å². The van der Waals surface area contributed by atoms with E-state index in [0.29, 0.717) is 16.9 Å². The fourth-order valence-corrected chi connectivity index (χ4v) is 1.69. The molecule has 0 radical (unpaired) electrons. The second-order valence-electron chi connectivity index (χ2n) is 4.43. The van der Waals surface area contributed by atoms with E-state index in [1.54, 1.807) is 19.1 Å². The van der Waals surface area contributed by atoms with Gasteiger partial charge in [-0.25, -0.2) is 9.37 Å². The van der Waals surface area contributed by atoms with Crippen LogP contribution in [0.15, 0.2) is 41.3 Å². The molecular formula is C14H10FN5O2. The molecule has 0 saturated carbocycles. The van der Waals surface area contributed by atoms with Crippen molar-refractivity contribution in [2.45, 2.75) is 6.92 Å². The first-order valence-electron chi connectivity index (χ1n) is 6.31. The molecule has 3 rings (SSSR count). The summed E-state index contributed by atoms with van der Waals surface area (Å²) in [5.41, 5.74) is 1.17. The average molecular weight is 299 g/mol. The Hall–Kier alpha value is -3.16. The lowest BCUT2D eigenvalue weighted by atomic mass is 10.2. The number of carbonyl (C=O) groups is 1. The smallest absolute Gasteiger partial charge is 0.316 e. The maximum atomic E-state index is 13.4. The summed E-state index contributed by atoms with van der Waals surface area (Å²) >= 11 is 0. The van der Waals surface area contributed by atoms with Crippen LogP contribution in [0.25, 0.3) is 11.5 Å². The first kappa shape index (κ1) is 13.8. The highest BCUT2D eigenvalue weighted by molar-refractivity contribution is 6.01. The summed E-state index contributed by atoms with van der Waals surface area (Å²) in [6.45, 7) is 1.63. The largest absolute Gasteiger partial charge is 0.328 e. The van der Waals surface area contributed by atoms with Gasteiger partial charge in [0, 0.05) is 18.1 Å². The first-order valence-corrected chi connectivity index (χ1v) is 6.31. The van der Waals surface area contributed by atoms with Crippen LogP contribution in [0.2, 0.25) is 0 Å². The van der Waals surface area contributed by atoms with Crippen LogP contribution in [0.3, 0.4) is 0 Å². The van der Waals surface area contributed by atoms with Gasteiger partial charge in [0.15, 0.2) is 0 Å². The second kappa shape index (κ2) is 5.68. The highest BCUT2D eigenvalue weighted by atomic mass is 19.1. The van der Waals surface area contributed by atoms with E-state index in [-0.39, 0.29) is 11.7 Å². The van der Waals surface area contributed by atoms with E-state index in [1.165, 1.54) is 24.7 Å². The monoisotopic (exact) mass is 299 g/mol. The zero-order valence-corrected chi connectivity index (χ0v) is 11.4. The van der Waals surface area contributed by atoms with Gasteiger partial charge in [-0.05, 0) is 24.6 Å². The number of amides is 1. The van der Waals surface area contributed by atoms with Crippen molar-refractivity contribution in [3.05, 3.63) is 54.1 Å². The Morgan fingerprint density at radius 1 is 1.32 bits per heavy atom. The van der Waals surface area contributed by atoms with E-state index in [2.05, 4.69) is 25.4 Å². The number of benzene rings is 1. The lowest BCUT2D eigenvalue weighted by Gasteiger charge is -2.03. The van der Waals surface area contributed by atoms with Crippen LogP contribution in [0.1, 0.15) is 16.2 Å². The third-order valence-corrected chi connectivity index (χ3v) is 2.84. The van der Waals surface area contributed by atoms with E-state index >= 15 is 0 Å². The van der Waals surface area contributed by atoms with E-state index in [1.807, 2.05) is 0 Å². The average Bonchev–Trinajstić information content (AvgIpc) is 3.02. The number of anilines is 1. The van der Waals surface area contributed by atoms with Gasteiger partial charge in [0.2, 0.25) is 5.82 Å². The maximum Gasteiger partial charge on any atom is 0.316 e. The van der Waals surface area contributed by atoms with Crippen LogP contribution in [0.5, 0.6) is 0 Å². The molecule has 2 aromatic heterocycles. The molecule has 2 heterocycles. The van der Waals surface area contributed by atoms with Gasteiger partial charge in [0.05, 0.1) is 6.20 Å². The van der Waals surface area contributed by atoms with Gasteiger partial charge < -0.3 is 9.84 Å². The van der Waals surface area contributed by atoms with Crippen molar-refractivity contribution in [3.63, 3.8) is 0 Å². The number of hydrogen-bond donors (Lipinski definition) is 1. The number of nitrogens with one attached hydrogen (secondary N) is 1. The summed E-state index contributed by atoms with van der Waals surface area (Å²) in [5.74, 6) is -1.15. The van der Waals surface area contributed by atoms with Crippen LogP contribution < -0.4 is 5.32 Å². The molecule has 0 bridgehead atoms. The fourth-order valence-electron chi connectivity index (χ4n) is 1.69. The normalized spacial score (nSPS) is 10.5. The van der Waals surface area contributed by atoms with E-state index in [9.17, 15) is 9.18 Å². The van der Waals surface area contributed by atoms with Gasteiger partial charge in [-0.2, -0.15) is 4.98 Å². The standard InChI is InChI=1S/C14H10FN5O2/c1-8-2-3-9(6-10(8)15)18-13(21)14-19-12(20-22-14)11-7-16-4-5-17-11/h2-7H,1H3,(H,18,21). The predicted octanol–water partition coefficient (Wildman–Crippen LogP) is 2.23. The number of carbonyl (C=O) groups excluding carboxylic acids is 1. The van der Waals surface area contributed by atoms with Crippen molar-refractivity contribution < 1.29 is 13.7 Å². The molecular weight excluding hydrogens is 289 g/mol. The van der Waals surface area contributed by atoms with Gasteiger partial charge in [-0.1, -0.05) is 11.2 Å². The Bertz CT molecular complexity index is 819. The lowest BCUT2D eigenvalue weighted by Crippen LogP contribution is -2.12. The van der Waals surface area contributed by atoms with Crippen LogP contribution in [-0.4, -0.2) is 26.0 Å². The highest BCUT2D eigenvalue weighted by Crippen LogP contribution is 2.15. The van der Waals surface area contributed by atoms with Gasteiger partial charge in [-0.15, -0.1) is 0 Å². The number of nitrogens with zero attached hydrogens (tertiary/aromatic N) is 4. The Morgan fingerprint density at radius 2 is 2.18 bits per heavy atom. The van der Waals surface area contributed by atoms with Gasteiger partial charge in [0.1, 0.15) is 11.5 Å². The van der Waals surface area contributed by atoms with Crippen LogP contribution in [0, 0.1) is 12.7 Å². The van der Waals surface area contributed by atoms with Crippen molar-refractivity contribution in [2.75, 3.05) is 5.32 Å². The minimum absolute atomic E-state index is 0.147. The Labute approximate surface area is 124 Å². The molecule has 0 aliphatic rings. The van der Waals surface area contributed by atoms with Crippen molar-refractivity contribution in [2.24, 2.45) is 0 Å². The quantitative estimate of drug-likeness (QED) is 0.797. The predicted molar refractivity (Wildman–Crippen MR) is 74.4 cm³/mol. The third kappa shape index (κ3) is 2.80. The van der Waals surface area contributed by atoms with Crippen LogP contribution in [-0.2, 0) is 0 Å². The number of rotatable bonds is 3. The summed E-state index contributed by atoms with van der Waals surface area (Å²) in [5, 5.41) is 6.14. The zero-order chi connectivity index (χ0) is 15.5. The Kier molecular flexibility index (Phi) is 3.57. The maximum absolute atomic E-state index is 13.4. The minimum atomic E-state index is -0.633. The van der Waals surface area contributed by atoms with Crippen molar-refractivity contribution in [3.8, 4) is 11.5 Å². The second-order valence-corrected chi connectivity index (χ2v) is 4.43. The van der Waals surface area contributed by atoms with Gasteiger partial charge in [0.25, 0.3) is 0 Å². The SMILES string of the molecule is Cc1ccc(NC(=O)c2nc(-c3cnccn3)no2)cc1F. The molecule has 0 fully saturated rings. The summed E-state index contributed by atoms with van der Waals surface area (Å²) in [7, 11) is 0. The zero-order valence-electron chi connectivity index (χ0n) is 11.4. The fraction of sp³-hybridized carbons (Fsp3) is 0.0714. The molecule has 1 amide bonds. The summed E-state index contributed by atoms with van der Waals surface area (Å²) in [6, 6.07) is 4.35. The highest BCUT2D eigenvalue weighted by Gasteiger charge is 2.17. The topological polar surface area (TPSA) is 93.8 Å². The molecule has 0 aliphatic heterocycles. The first-order chi connectivity index (χ1) is 10.6. The summed E-state index contributed by atoms with van der Waals surface area (Å²) in [4.78, 5) is 23.8. The Morgan fingerprint density at radius 3 is 2.91 bits per heavy atom.